The van der Waals surface area contributed by atoms with Crippen LogP contribution in [0.5, 0.6) is 5.75 Å². The summed E-state index contributed by atoms with van der Waals surface area (Å²) in [4.78, 5) is 16.8. The highest BCUT2D eigenvalue weighted by Gasteiger charge is 2.68. The van der Waals surface area contributed by atoms with Crippen molar-refractivity contribution in [3.63, 3.8) is 0 Å². The summed E-state index contributed by atoms with van der Waals surface area (Å²) in [5.41, 5.74) is -1.36. The lowest BCUT2D eigenvalue weighted by molar-refractivity contribution is -0.189. The van der Waals surface area contributed by atoms with Crippen LogP contribution in [0.25, 0.3) is 10.9 Å². The van der Waals surface area contributed by atoms with E-state index in [1.165, 1.54) is 11.1 Å². The molecule has 0 spiro atoms. The van der Waals surface area contributed by atoms with E-state index in [4.69, 9.17) is 4.74 Å². The van der Waals surface area contributed by atoms with E-state index in [9.17, 15) is 31.1 Å². The molecule has 35 heavy (non-hydrogen) atoms. The van der Waals surface area contributed by atoms with Gasteiger partial charge in [0.1, 0.15) is 11.2 Å². The van der Waals surface area contributed by atoms with Crippen molar-refractivity contribution in [2.45, 2.75) is 44.5 Å². The number of benzene rings is 1. The van der Waals surface area contributed by atoms with Gasteiger partial charge >= 0.3 is 12.4 Å². The fourth-order valence-corrected chi connectivity index (χ4v) is 5.78. The Kier molecular flexibility index (Phi) is 5.96. The molecule has 2 N–H and O–H groups in total. The van der Waals surface area contributed by atoms with Crippen molar-refractivity contribution in [1.82, 2.24) is 9.88 Å². The van der Waals surface area contributed by atoms with E-state index in [-0.39, 0.29) is 18.5 Å². The van der Waals surface area contributed by atoms with E-state index < -0.39 is 30.2 Å². The van der Waals surface area contributed by atoms with Gasteiger partial charge in [0.15, 0.2) is 0 Å². The van der Waals surface area contributed by atoms with Crippen molar-refractivity contribution in [3.05, 3.63) is 24.4 Å². The number of ether oxygens (including phenoxy) is 1. The van der Waals surface area contributed by atoms with E-state index in [2.05, 4.69) is 10.3 Å². The third-order valence-electron chi connectivity index (χ3n) is 7.75. The van der Waals surface area contributed by atoms with Crippen molar-refractivity contribution >= 4 is 22.5 Å². The van der Waals surface area contributed by atoms with Gasteiger partial charge in [-0.15, -0.1) is 0 Å². The first kappa shape index (κ1) is 24.3. The molecule has 1 unspecified atom stereocenters. The zero-order valence-corrected chi connectivity index (χ0v) is 18.9. The molecule has 3 atom stereocenters. The average molecular weight is 503 g/mol. The Morgan fingerprint density at radius 2 is 1.80 bits per heavy atom. The topological polar surface area (TPSA) is 57.4 Å². The van der Waals surface area contributed by atoms with Gasteiger partial charge in [0.25, 0.3) is 0 Å². The fraction of sp³-hybridized carbons (Fsp3) is 0.625. The van der Waals surface area contributed by atoms with E-state index in [1.54, 1.807) is 18.2 Å². The Morgan fingerprint density at radius 1 is 1.11 bits per heavy atom. The van der Waals surface area contributed by atoms with Gasteiger partial charge in [-0.1, -0.05) is 0 Å². The number of nitrogens with one attached hydrogen (secondary N) is 2. The summed E-state index contributed by atoms with van der Waals surface area (Å²) in [6, 6.07) is 5.18. The van der Waals surface area contributed by atoms with E-state index in [0.717, 1.165) is 19.3 Å². The molecule has 0 bridgehead atoms. The second kappa shape index (κ2) is 8.60. The van der Waals surface area contributed by atoms with Gasteiger partial charge in [0.2, 0.25) is 5.91 Å². The smallest absolute Gasteiger partial charge is 0.403 e. The zero-order valence-electron chi connectivity index (χ0n) is 18.9. The first-order valence-electron chi connectivity index (χ1n) is 11.8. The minimum Gasteiger partial charge on any atom is -0.494 e. The van der Waals surface area contributed by atoms with Crippen LogP contribution >= 0.6 is 0 Å². The monoisotopic (exact) mass is 503 g/mol. The normalized spacial score (nSPS) is 26.2. The Labute approximate surface area is 198 Å². The number of likely N-dealkylation sites (tertiary alicyclic amines) is 1. The van der Waals surface area contributed by atoms with E-state index in [1.807, 2.05) is 0 Å². The van der Waals surface area contributed by atoms with Crippen LogP contribution in [0.1, 0.15) is 32.1 Å². The maximum absolute atomic E-state index is 13.2. The first-order valence-corrected chi connectivity index (χ1v) is 11.8. The number of amides is 1. The molecule has 192 valence electrons. The quantitative estimate of drug-likeness (QED) is 0.474. The molecular weight excluding hydrogens is 476 g/mol. The van der Waals surface area contributed by atoms with E-state index >= 15 is 0 Å². The zero-order chi connectivity index (χ0) is 25.0. The van der Waals surface area contributed by atoms with Crippen LogP contribution in [0, 0.1) is 23.2 Å². The van der Waals surface area contributed by atoms with Crippen LogP contribution in [0.4, 0.5) is 32.0 Å². The Bertz CT molecular complexity index is 1080. The van der Waals surface area contributed by atoms with Crippen LogP contribution in [-0.4, -0.2) is 54.4 Å². The number of alkyl halides is 6. The number of rotatable bonds is 7. The molecule has 3 aliphatic rings. The highest BCUT2D eigenvalue weighted by Crippen LogP contribution is 2.58. The van der Waals surface area contributed by atoms with Crippen LogP contribution in [0.2, 0.25) is 0 Å². The number of anilines is 1. The van der Waals surface area contributed by atoms with Gasteiger partial charge in [0.05, 0.1) is 18.8 Å². The number of H-pyrrole nitrogens is 1. The Balaban J connectivity index is 1.14. The summed E-state index contributed by atoms with van der Waals surface area (Å²) < 4.78 is 83.5. The number of aromatic amines is 1. The Hall–Kier alpha value is -2.43. The summed E-state index contributed by atoms with van der Waals surface area (Å²) in [6.45, 7) is 0.589. The lowest BCUT2D eigenvalue weighted by Gasteiger charge is -2.20. The SMILES string of the molecule is O=C(Nc1c[nH]c2ccc(OCCC3C[C@@H]4CN(CC(F)(F)F)C[C@@H]4C3)cc12)C1(C(F)(F)F)CC1. The van der Waals surface area contributed by atoms with Crippen molar-refractivity contribution in [2.24, 2.45) is 23.2 Å². The molecule has 1 aromatic heterocycles. The molecular formula is C24H27F6N3O2. The summed E-state index contributed by atoms with van der Waals surface area (Å²) in [6.07, 6.45) is -5.09. The molecule has 11 heteroatoms. The predicted molar refractivity (Wildman–Crippen MR) is 117 cm³/mol. The van der Waals surface area contributed by atoms with Gasteiger partial charge in [-0.2, -0.15) is 26.3 Å². The van der Waals surface area contributed by atoms with Crippen molar-refractivity contribution in [1.29, 1.82) is 0 Å². The second-order valence-corrected chi connectivity index (χ2v) is 10.2. The summed E-state index contributed by atoms with van der Waals surface area (Å²) in [5.74, 6) is 0.505. The third kappa shape index (κ3) is 4.96. The number of carbonyl (C=O) groups excluding carboxylic acids is 1. The van der Waals surface area contributed by atoms with E-state index in [0.29, 0.717) is 54.1 Å². The summed E-state index contributed by atoms with van der Waals surface area (Å²) in [5, 5.41) is 2.99. The van der Waals surface area contributed by atoms with Crippen LogP contribution in [0.15, 0.2) is 24.4 Å². The van der Waals surface area contributed by atoms with Crippen molar-refractivity contribution in [2.75, 3.05) is 31.6 Å². The number of aromatic nitrogens is 1. The van der Waals surface area contributed by atoms with Crippen molar-refractivity contribution in [3.8, 4) is 5.75 Å². The fourth-order valence-electron chi connectivity index (χ4n) is 5.78. The standard InChI is InChI=1S/C24H27F6N3O2/c25-23(26,27)13-33-11-15-7-14(8-16(15)12-33)3-6-35-17-1-2-19-18(9-17)20(10-31-19)32-21(34)22(4-5-22)24(28,29)30/h1-2,9-10,14-16,31H,3-8,11-13H2,(H,32,34)/t14?,15-,16+. The predicted octanol–water partition coefficient (Wildman–Crippen LogP) is 5.74. The number of hydrogen-bond donors (Lipinski definition) is 2. The molecule has 1 aliphatic heterocycles. The van der Waals surface area contributed by atoms with Gasteiger partial charge < -0.3 is 15.0 Å². The third-order valence-corrected chi connectivity index (χ3v) is 7.75. The van der Waals surface area contributed by atoms with Gasteiger partial charge in [0, 0.05) is 30.2 Å². The van der Waals surface area contributed by atoms with Crippen molar-refractivity contribution < 1.29 is 35.9 Å². The minimum atomic E-state index is -4.58. The summed E-state index contributed by atoms with van der Waals surface area (Å²) >= 11 is 0. The molecule has 0 radical (unpaired) electrons. The number of carbonyl (C=O) groups is 1. The van der Waals surface area contributed by atoms with Crippen LogP contribution in [-0.2, 0) is 4.79 Å². The molecule has 3 fully saturated rings. The molecule has 1 aromatic carbocycles. The number of hydrogen-bond acceptors (Lipinski definition) is 3. The first-order chi connectivity index (χ1) is 16.4. The second-order valence-electron chi connectivity index (χ2n) is 10.2. The molecule has 2 saturated carbocycles. The molecule has 2 aromatic rings. The van der Waals surface area contributed by atoms with Crippen LogP contribution < -0.4 is 10.1 Å². The largest absolute Gasteiger partial charge is 0.494 e. The average Bonchev–Trinajstić information content (AvgIpc) is 3.23. The van der Waals surface area contributed by atoms with Gasteiger partial charge in [-0.05, 0) is 68.1 Å². The molecule has 1 saturated heterocycles. The molecule has 1 amide bonds. The maximum Gasteiger partial charge on any atom is 0.403 e. The maximum atomic E-state index is 13.2. The summed E-state index contributed by atoms with van der Waals surface area (Å²) in [7, 11) is 0. The number of fused-ring (bicyclic) bond motifs is 2. The lowest BCUT2D eigenvalue weighted by Crippen LogP contribution is -2.36. The highest BCUT2D eigenvalue weighted by atomic mass is 19.4. The van der Waals surface area contributed by atoms with Crippen LogP contribution in [0.3, 0.4) is 0 Å². The minimum absolute atomic E-state index is 0.206. The molecule has 2 aliphatic carbocycles. The van der Waals surface area contributed by atoms with Gasteiger partial charge in [-0.3, -0.25) is 9.69 Å². The molecule has 5 rings (SSSR count). The Morgan fingerprint density at radius 3 is 2.40 bits per heavy atom. The number of nitrogens with zero attached hydrogens (tertiary/aromatic N) is 1. The number of halogens is 6. The lowest BCUT2D eigenvalue weighted by atomic mass is 10.0. The molecule has 5 nitrogen and oxygen atoms in total. The highest BCUT2D eigenvalue weighted by molar-refractivity contribution is 6.05. The van der Waals surface area contributed by atoms with Gasteiger partial charge in [-0.25, -0.2) is 0 Å². The molecule has 2 heterocycles.